The van der Waals surface area contributed by atoms with Crippen molar-refractivity contribution in [2.75, 3.05) is 37.6 Å². The molecule has 0 aliphatic heterocycles. The first-order valence-corrected chi connectivity index (χ1v) is 13.6. The van der Waals surface area contributed by atoms with Crippen LogP contribution in [-0.2, 0) is 16.0 Å². The van der Waals surface area contributed by atoms with Crippen molar-refractivity contribution in [2.24, 2.45) is 0 Å². The average Bonchev–Trinajstić information content (AvgIpc) is 3.30. The van der Waals surface area contributed by atoms with Gasteiger partial charge in [0.15, 0.2) is 5.13 Å². The van der Waals surface area contributed by atoms with Crippen LogP contribution in [0.15, 0.2) is 48.5 Å². The van der Waals surface area contributed by atoms with Gasteiger partial charge in [0.1, 0.15) is 11.4 Å². The molecule has 0 radical (unpaired) electrons. The number of anilines is 2. The summed E-state index contributed by atoms with van der Waals surface area (Å²) in [6.07, 6.45) is -4.02. The Morgan fingerprint density at radius 1 is 1.13 bits per heavy atom. The number of methoxy groups -OCH3 is 1. The Hall–Kier alpha value is -3.31. The Morgan fingerprint density at radius 3 is 2.49 bits per heavy atom. The van der Waals surface area contributed by atoms with Gasteiger partial charge in [-0.15, -0.1) is 24.5 Å². The van der Waals surface area contributed by atoms with Crippen LogP contribution in [0.1, 0.15) is 32.9 Å². The van der Waals surface area contributed by atoms with Gasteiger partial charge in [-0.25, -0.2) is 4.98 Å². The van der Waals surface area contributed by atoms with E-state index in [4.69, 9.17) is 14.7 Å². The van der Waals surface area contributed by atoms with Crippen molar-refractivity contribution in [3.8, 4) is 11.8 Å². The third kappa shape index (κ3) is 9.74. The number of alkyl halides is 3. The van der Waals surface area contributed by atoms with Crippen molar-refractivity contribution in [3.63, 3.8) is 0 Å². The standard InChI is InChI=1S/C26H27F3N4O4S2/c1-18-23(24(34)32-38-15-3-12-36-14-13-35-2)31-25(39-18)33(21-8-4-19(16-30)5-9-21)17-20-6-10-22(11-7-20)37-26(27,28)29/h4-11H,3,12-15,17H2,1-2H3,(H,32,34). The Bertz CT molecular complexity index is 1250. The van der Waals surface area contributed by atoms with Crippen LogP contribution in [-0.4, -0.2) is 49.9 Å². The SMILES string of the molecule is COCCOCCCSNC(=O)c1nc(N(Cc2ccc(OC(F)(F)F)cc2)c2ccc(C#N)cc2)sc1C. The fourth-order valence-corrected chi connectivity index (χ4v) is 4.83. The monoisotopic (exact) mass is 580 g/mol. The van der Waals surface area contributed by atoms with Gasteiger partial charge in [-0.1, -0.05) is 24.1 Å². The highest BCUT2D eigenvalue weighted by molar-refractivity contribution is 7.97. The van der Waals surface area contributed by atoms with E-state index in [9.17, 15) is 18.0 Å². The lowest BCUT2D eigenvalue weighted by atomic mass is 10.1. The fourth-order valence-electron chi connectivity index (χ4n) is 3.32. The molecule has 0 aliphatic carbocycles. The van der Waals surface area contributed by atoms with Crippen LogP contribution in [0.25, 0.3) is 0 Å². The summed E-state index contributed by atoms with van der Waals surface area (Å²) in [5.41, 5.74) is 2.15. The smallest absolute Gasteiger partial charge is 0.406 e. The molecule has 0 unspecified atom stereocenters. The van der Waals surface area contributed by atoms with Gasteiger partial charge in [-0.2, -0.15) is 5.26 Å². The maximum atomic E-state index is 12.8. The minimum Gasteiger partial charge on any atom is -0.406 e. The van der Waals surface area contributed by atoms with E-state index in [0.29, 0.717) is 52.4 Å². The number of aryl methyl sites for hydroxylation is 1. The molecule has 0 fully saturated rings. The van der Waals surface area contributed by atoms with E-state index in [1.54, 1.807) is 38.3 Å². The summed E-state index contributed by atoms with van der Waals surface area (Å²) >= 11 is 2.59. The second-order valence-electron chi connectivity index (χ2n) is 8.08. The van der Waals surface area contributed by atoms with Crippen molar-refractivity contribution in [1.29, 1.82) is 5.26 Å². The molecular formula is C26H27F3N4O4S2. The lowest BCUT2D eigenvalue weighted by molar-refractivity contribution is -0.274. The van der Waals surface area contributed by atoms with Crippen molar-refractivity contribution in [2.45, 2.75) is 26.3 Å². The first-order chi connectivity index (χ1) is 18.7. The Kier molecular flexibility index (Phi) is 11.4. The van der Waals surface area contributed by atoms with Gasteiger partial charge in [-0.3, -0.25) is 9.52 Å². The molecule has 2 aromatic carbocycles. The quantitative estimate of drug-likeness (QED) is 0.184. The molecular weight excluding hydrogens is 553 g/mol. The first-order valence-electron chi connectivity index (χ1n) is 11.8. The minimum atomic E-state index is -4.78. The number of aromatic nitrogens is 1. The molecule has 0 aliphatic rings. The molecule has 0 atom stereocenters. The number of ether oxygens (including phenoxy) is 3. The van der Waals surface area contributed by atoms with Gasteiger partial charge < -0.3 is 19.1 Å². The number of benzene rings is 2. The van der Waals surface area contributed by atoms with E-state index >= 15 is 0 Å². The number of carbonyl (C=O) groups is 1. The molecule has 1 heterocycles. The molecule has 39 heavy (non-hydrogen) atoms. The van der Waals surface area contributed by atoms with E-state index < -0.39 is 6.36 Å². The third-order valence-electron chi connectivity index (χ3n) is 5.17. The molecule has 3 aromatic rings. The van der Waals surface area contributed by atoms with Gasteiger partial charge in [0.2, 0.25) is 0 Å². The van der Waals surface area contributed by atoms with Gasteiger partial charge in [0.25, 0.3) is 5.91 Å². The van der Waals surface area contributed by atoms with Gasteiger partial charge in [0.05, 0.1) is 31.4 Å². The summed E-state index contributed by atoms with van der Waals surface area (Å²) in [7, 11) is 1.61. The zero-order chi connectivity index (χ0) is 28.3. The van der Waals surface area contributed by atoms with Crippen molar-refractivity contribution >= 4 is 40.0 Å². The molecule has 208 valence electrons. The van der Waals surface area contributed by atoms with Crippen LogP contribution < -0.4 is 14.4 Å². The summed E-state index contributed by atoms with van der Waals surface area (Å²) in [5, 5.41) is 9.68. The number of amides is 1. The summed E-state index contributed by atoms with van der Waals surface area (Å²) in [4.78, 5) is 19.9. The highest BCUT2D eigenvalue weighted by Crippen LogP contribution is 2.34. The summed E-state index contributed by atoms with van der Waals surface area (Å²) in [5.74, 6) is 0.0215. The molecule has 1 N–H and O–H groups in total. The Balaban J connectivity index is 1.72. The first kappa shape index (κ1) is 30.2. The fraction of sp³-hybridized carbons (Fsp3) is 0.346. The number of halogens is 3. The zero-order valence-corrected chi connectivity index (χ0v) is 22.9. The third-order valence-corrected chi connectivity index (χ3v) is 6.99. The van der Waals surface area contributed by atoms with Crippen LogP contribution in [0.5, 0.6) is 5.75 Å². The van der Waals surface area contributed by atoms with Crippen molar-refractivity contribution in [1.82, 2.24) is 9.71 Å². The van der Waals surface area contributed by atoms with Crippen molar-refractivity contribution < 1.29 is 32.2 Å². The highest BCUT2D eigenvalue weighted by Gasteiger charge is 2.31. The number of hydrogen-bond donors (Lipinski definition) is 1. The number of thiazole rings is 1. The Labute approximate surface area is 232 Å². The molecule has 1 aromatic heterocycles. The maximum Gasteiger partial charge on any atom is 0.573 e. The van der Waals surface area contributed by atoms with Gasteiger partial charge in [0, 0.05) is 30.0 Å². The lowest BCUT2D eigenvalue weighted by Crippen LogP contribution is -2.20. The predicted octanol–water partition coefficient (Wildman–Crippen LogP) is 5.99. The summed E-state index contributed by atoms with van der Waals surface area (Å²) in [6.45, 7) is 3.67. The molecule has 0 saturated heterocycles. The van der Waals surface area contributed by atoms with Crippen LogP contribution in [0.2, 0.25) is 0 Å². The van der Waals surface area contributed by atoms with E-state index in [2.05, 4.69) is 20.5 Å². The highest BCUT2D eigenvalue weighted by atomic mass is 32.2. The number of hydrogen-bond acceptors (Lipinski definition) is 9. The van der Waals surface area contributed by atoms with Crippen LogP contribution in [0.4, 0.5) is 24.0 Å². The predicted molar refractivity (Wildman–Crippen MR) is 144 cm³/mol. The van der Waals surface area contributed by atoms with Gasteiger partial charge in [-0.05, 0) is 55.3 Å². The number of rotatable bonds is 14. The zero-order valence-electron chi connectivity index (χ0n) is 21.3. The van der Waals surface area contributed by atoms with E-state index in [-0.39, 0.29) is 23.9 Å². The van der Waals surface area contributed by atoms with Gasteiger partial charge >= 0.3 is 6.36 Å². The van der Waals surface area contributed by atoms with Crippen LogP contribution in [0, 0.1) is 18.3 Å². The number of nitriles is 1. The van der Waals surface area contributed by atoms with Crippen LogP contribution in [0.3, 0.4) is 0 Å². The van der Waals surface area contributed by atoms with Crippen LogP contribution >= 0.6 is 23.3 Å². The van der Waals surface area contributed by atoms with E-state index in [0.717, 1.165) is 6.42 Å². The molecule has 8 nitrogen and oxygen atoms in total. The second-order valence-corrected chi connectivity index (χ2v) is 10.2. The van der Waals surface area contributed by atoms with E-state index in [1.807, 2.05) is 4.90 Å². The second kappa shape index (κ2) is 14.7. The van der Waals surface area contributed by atoms with E-state index in [1.165, 1.54) is 47.6 Å². The average molecular weight is 581 g/mol. The topological polar surface area (TPSA) is 96.7 Å². The summed E-state index contributed by atoms with van der Waals surface area (Å²) < 4.78 is 54.7. The number of carbonyl (C=O) groups excluding carboxylic acids is 1. The molecule has 0 bridgehead atoms. The Morgan fingerprint density at radius 2 is 1.85 bits per heavy atom. The molecule has 0 saturated carbocycles. The molecule has 3 rings (SSSR count). The largest absolute Gasteiger partial charge is 0.573 e. The molecule has 13 heteroatoms. The molecule has 1 amide bonds. The van der Waals surface area contributed by atoms with Crippen molar-refractivity contribution in [3.05, 3.63) is 70.2 Å². The molecule has 0 spiro atoms. The maximum absolute atomic E-state index is 12.8. The lowest BCUT2D eigenvalue weighted by Gasteiger charge is -2.22. The minimum absolute atomic E-state index is 0.254. The normalized spacial score (nSPS) is 11.2. The number of nitrogens with one attached hydrogen (secondary N) is 1. The number of nitrogens with zero attached hydrogens (tertiary/aromatic N) is 3. The summed E-state index contributed by atoms with van der Waals surface area (Å²) in [6, 6.07) is 14.4.